The highest BCUT2D eigenvalue weighted by Gasteiger charge is 1.93. The first-order valence-corrected chi connectivity index (χ1v) is 3.58. The zero-order valence-corrected chi connectivity index (χ0v) is 6.90. The summed E-state index contributed by atoms with van der Waals surface area (Å²) in [5.41, 5.74) is 2.31. The highest BCUT2D eigenvalue weighted by atomic mass is 79.9. The Bertz CT molecular complexity index is 196. The van der Waals surface area contributed by atoms with E-state index in [1.807, 2.05) is 25.1 Å². The van der Waals surface area contributed by atoms with E-state index in [4.69, 9.17) is 0 Å². The third kappa shape index (κ3) is 1.33. The van der Waals surface area contributed by atoms with Gasteiger partial charge in [0, 0.05) is 4.47 Å². The van der Waals surface area contributed by atoms with Crippen LogP contribution >= 0.6 is 15.9 Å². The van der Waals surface area contributed by atoms with Gasteiger partial charge in [0.2, 0.25) is 0 Å². The summed E-state index contributed by atoms with van der Waals surface area (Å²) in [4.78, 5) is 0. The van der Waals surface area contributed by atoms with E-state index >= 15 is 0 Å². The Balaban J connectivity index is 3.25. The number of hydrogen-bond acceptors (Lipinski definition) is 0. The van der Waals surface area contributed by atoms with E-state index < -0.39 is 0 Å². The summed E-state index contributed by atoms with van der Waals surface area (Å²) in [6.45, 7) is 5.90. The summed E-state index contributed by atoms with van der Waals surface area (Å²) in [6.07, 6.45) is 0. The molecular weight excluding hydrogens is 176 g/mol. The molecule has 0 aliphatic heterocycles. The minimum atomic E-state index is 1.09. The Kier molecular flexibility index (Phi) is 1.91. The van der Waals surface area contributed by atoms with E-state index in [0.29, 0.717) is 0 Å². The minimum Gasteiger partial charge on any atom is -0.0609 e. The topological polar surface area (TPSA) is 0 Å². The maximum absolute atomic E-state index is 3.85. The van der Waals surface area contributed by atoms with Crippen LogP contribution in [0.4, 0.5) is 0 Å². The van der Waals surface area contributed by atoms with Crippen molar-refractivity contribution >= 4 is 15.9 Å². The van der Waals surface area contributed by atoms with Gasteiger partial charge in [-0.1, -0.05) is 28.1 Å². The molecule has 0 unspecified atom stereocenters. The third-order valence-corrected chi connectivity index (χ3v) is 2.24. The molecule has 0 saturated carbocycles. The number of hydrogen-bond donors (Lipinski definition) is 0. The van der Waals surface area contributed by atoms with Crippen molar-refractivity contribution in [1.82, 2.24) is 0 Å². The van der Waals surface area contributed by atoms with Crippen LogP contribution in [0.15, 0.2) is 22.7 Å². The van der Waals surface area contributed by atoms with Crippen molar-refractivity contribution < 1.29 is 0 Å². The minimum absolute atomic E-state index is 1.09. The lowest BCUT2D eigenvalue weighted by molar-refractivity contribution is 1.38. The van der Waals surface area contributed by atoms with Crippen molar-refractivity contribution in [2.45, 2.75) is 6.92 Å². The van der Waals surface area contributed by atoms with Crippen LogP contribution in [0.25, 0.3) is 0 Å². The van der Waals surface area contributed by atoms with Crippen LogP contribution < -0.4 is 0 Å². The Labute approximate surface area is 64.0 Å². The van der Waals surface area contributed by atoms with E-state index in [-0.39, 0.29) is 0 Å². The molecule has 1 heteroatoms. The SMILES string of the molecule is [CH2]c1cccc(Br)c1C. The second-order valence-corrected chi connectivity index (χ2v) is 2.88. The first-order valence-electron chi connectivity index (χ1n) is 2.79. The van der Waals surface area contributed by atoms with Gasteiger partial charge < -0.3 is 0 Å². The fourth-order valence-corrected chi connectivity index (χ4v) is 1.06. The van der Waals surface area contributed by atoms with Gasteiger partial charge >= 0.3 is 0 Å². The van der Waals surface area contributed by atoms with Gasteiger partial charge in [-0.3, -0.25) is 0 Å². The lowest BCUT2D eigenvalue weighted by Crippen LogP contribution is -1.79. The molecule has 0 nitrogen and oxygen atoms in total. The second-order valence-electron chi connectivity index (χ2n) is 2.02. The molecule has 0 amide bonds. The monoisotopic (exact) mass is 183 g/mol. The molecule has 1 radical (unpaired) electrons. The quantitative estimate of drug-likeness (QED) is 0.581. The molecule has 0 bridgehead atoms. The molecule has 0 fully saturated rings. The molecule has 0 atom stereocenters. The van der Waals surface area contributed by atoms with E-state index in [1.54, 1.807) is 0 Å². The van der Waals surface area contributed by atoms with Crippen LogP contribution in [0.2, 0.25) is 0 Å². The van der Waals surface area contributed by atoms with Gasteiger partial charge in [0.25, 0.3) is 0 Å². The molecule has 1 aromatic rings. The normalized spacial score (nSPS) is 9.67. The van der Waals surface area contributed by atoms with Gasteiger partial charge in [0.1, 0.15) is 0 Å². The van der Waals surface area contributed by atoms with Gasteiger partial charge in [0.05, 0.1) is 0 Å². The molecule has 0 saturated heterocycles. The molecule has 47 valence electrons. The summed E-state index contributed by atoms with van der Waals surface area (Å²) in [6, 6.07) is 6.00. The fourth-order valence-electron chi connectivity index (χ4n) is 0.652. The first kappa shape index (κ1) is 6.81. The summed E-state index contributed by atoms with van der Waals surface area (Å²) in [5, 5.41) is 0. The largest absolute Gasteiger partial charge is 0.0609 e. The molecule has 1 rings (SSSR count). The Morgan fingerprint density at radius 3 is 2.56 bits per heavy atom. The molecule has 0 N–H and O–H groups in total. The van der Waals surface area contributed by atoms with Crippen LogP contribution in [0.3, 0.4) is 0 Å². The Morgan fingerprint density at radius 1 is 1.44 bits per heavy atom. The molecule has 0 aromatic heterocycles. The van der Waals surface area contributed by atoms with Crippen molar-refractivity contribution in [1.29, 1.82) is 0 Å². The third-order valence-electron chi connectivity index (χ3n) is 1.38. The summed E-state index contributed by atoms with van der Waals surface area (Å²) < 4.78 is 1.13. The molecule has 0 heterocycles. The van der Waals surface area contributed by atoms with Crippen LogP contribution in [-0.2, 0) is 0 Å². The van der Waals surface area contributed by atoms with E-state index in [0.717, 1.165) is 10.0 Å². The Hall–Kier alpha value is -0.300. The molecular formula is C8H8Br. The van der Waals surface area contributed by atoms with Crippen molar-refractivity contribution in [3.63, 3.8) is 0 Å². The number of rotatable bonds is 0. The molecule has 0 aliphatic carbocycles. The zero-order valence-electron chi connectivity index (χ0n) is 5.32. The molecule has 0 aliphatic rings. The fraction of sp³-hybridized carbons (Fsp3) is 0.125. The lowest BCUT2D eigenvalue weighted by Gasteiger charge is -1.99. The number of halogens is 1. The van der Waals surface area contributed by atoms with Crippen molar-refractivity contribution in [2.24, 2.45) is 0 Å². The standard InChI is InChI=1S/C8H8Br/c1-6-4-3-5-8(9)7(6)2/h3-5H,1H2,2H3. The maximum atomic E-state index is 3.85. The Morgan fingerprint density at radius 2 is 2.11 bits per heavy atom. The summed E-state index contributed by atoms with van der Waals surface area (Å²) in [7, 11) is 0. The van der Waals surface area contributed by atoms with Crippen LogP contribution in [0.5, 0.6) is 0 Å². The van der Waals surface area contributed by atoms with Gasteiger partial charge in [-0.25, -0.2) is 0 Å². The van der Waals surface area contributed by atoms with Crippen molar-refractivity contribution in [2.75, 3.05) is 0 Å². The van der Waals surface area contributed by atoms with Gasteiger partial charge in [-0.05, 0) is 31.0 Å². The summed E-state index contributed by atoms with van der Waals surface area (Å²) in [5.74, 6) is 0. The van der Waals surface area contributed by atoms with E-state index in [1.165, 1.54) is 5.56 Å². The molecule has 9 heavy (non-hydrogen) atoms. The summed E-state index contributed by atoms with van der Waals surface area (Å²) >= 11 is 3.41. The van der Waals surface area contributed by atoms with Gasteiger partial charge in [-0.2, -0.15) is 0 Å². The first-order chi connectivity index (χ1) is 4.22. The highest BCUT2D eigenvalue weighted by Crippen LogP contribution is 2.17. The van der Waals surface area contributed by atoms with Crippen molar-refractivity contribution in [3.8, 4) is 0 Å². The lowest BCUT2D eigenvalue weighted by atomic mass is 10.1. The predicted molar refractivity (Wildman–Crippen MR) is 43.3 cm³/mol. The smallest absolute Gasteiger partial charge is 0.0207 e. The predicted octanol–water partition coefficient (Wildman–Crippen LogP) is 2.94. The van der Waals surface area contributed by atoms with Crippen molar-refractivity contribution in [3.05, 3.63) is 40.7 Å². The van der Waals surface area contributed by atoms with Crippen LogP contribution in [-0.4, -0.2) is 0 Å². The highest BCUT2D eigenvalue weighted by molar-refractivity contribution is 9.10. The van der Waals surface area contributed by atoms with Crippen LogP contribution in [0.1, 0.15) is 11.1 Å². The van der Waals surface area contributed by atoms with Crippen LogP contribution in [0, 0.1) is 13.8 Å². The van der Waals surface area contributed by atoms with Gasteiger partial charge in [0.15, 0.2) is 0 Å². The average molecular weight is 184 g/mol. The molecule has 0 spiro atoms. The van der Waals surface area contributed by atoms with Gasteiger partial charge in [-0.15, -0.1) is 0 Å². The average Bonchev–Trinajstić information content (AvgIpc) is 1.83. The van der Waals surface area contributed by atoms with E-state index in [9.17, 15) is 0 Å². The molecule has 1 aromatic carbocycles. The maximum Gasteiger partial charge on any atom is 0.0207 e. The second kappa shape index (κ2) is 2.53. The number of benzene rings is 1. The van der Waals surface area contributed by atoms with E-state index in [2.05, 4.69) is 22.9 Å². The zero-order chi connectivity index (χ0) is 6.85.